The summed E-state index contributed by atoms with van der Waals surface area (Å²) < 4.78 is 0. The highest BCUT2D eigenvalue weighted by Gasteiger charge is 2.18. The molecule has 0 aliphatic carbocycles. The van der Waals surface area contributed by atoms with Crippen molar-refractivity contribution in [1.82, 2.24) is 0 Å². The van der Waals surface area contributed by atoms with E-state index in [0.29, 0.717) is 5.56 Å². The van der Waals surface area contributed by atoms with Gasteiger partial charge in [0.25, 0.3) is 0 Å². The first-order chi connectivity index (χ1) is 6.15. The Kier molecular flexibility index (Phi) is 2.50. The van der Waals surface area contributed by atoms with Gasteiger partial charge in [0.2, 0.25) is 0 Å². The number of hydrogen-bond acceptors (Lipinski definition) is 3. The zero-order valence-corrected chi connectivity index (χ0v) is 6.64. The van der Waals surface area contributed by atoms with Crippen molar-refractivity contribution in [3.05, 3.63) is 29.8 Å². The molecular formula is C9H7NO3. The molecule has 2 N–H and O–H groups in total. The van der Waals surface area contributed by atoms with Gasteiger partial charge in [-0.2, -0.15) is 5.26 Å². The lowest BCUT2D eigenvalue weighted by atomic mass is 10.0. The number of hydrogen-bond donors (Lipinski definition) is 2. The predicted octanol–water partition coefficient (Wildman–Crippen LogP) is 1.08. The van der Waals surface area contributed by atoms with Gasteiger partial charge in [-0.3, -0.25) is 4.79 Å². The molecule has 1 aromatic rings. The Hall–Kier alpha value is -2.02. The normalized spacial score (nSPS) is 11.6. The van der Waals surface area contributed by atoms with Crippen molar-refractivity contribution in [1.29, 1.82) is 5.26 Å². The molecule has 0 aromatic heterocycles. The number of phenols is 1. The van der Waals surface area contributed by atoms with Crippen LogP contribution in [0.1, 0.15) is 11.5 Å². The predicted molar refractivity (Wildman–Crippen MR) is 44.1 cm³/mol. The zero-order valence-electron chi connectivity index (χ0n) is 6.64. The van der Waals surface area contributed by atoms with Crippen molar-refractivity contribution in [3.8, 4) is 11.8 Å². The second-order valence-electron chi connectivity index (χ2n) is 2.49. The summed E-state index contributed by atoms with van der Waals surface area (Å²) in [6, 6.07) is 7.18. The lowest BCUT2D eigenvalue weighted by Gasteiger charge is -2.02. The van der Waals surface area contributed by atoms with Gasteiger partial charge in [0.05, 0.1) is 6.07 Å². The van der Waals surface area contributed by atoms with E-state index in [9.17, 15) is 4.79 Å². The molecule has 0 radical (unpaired) electrons. The van der Waals surface area contributed by atoms with Gasteiger partial charge < -0.3 is 10.2 Å². The van der Waals surface area contributed by atoms with E-state index < -0.39 is 11.9 Å². The topological polar surface area (TPSA) is 81.3 Å². The van der Waals surface area contributed by atoms with Crippen molar-refractivity contribution in [3.63, 3.8) is 0 Å². The zero-order chi connectivity index (χ0) is 9.84. The third-order valence-electron chi connectivity index (χ3n) is 1.60. The minimum atomic E-state index is -1.19. The quantitative estimate of drug-likeness (QED) is 0.708. The molecule has 0 saturated heterocycles. The summed E-state index contributed by atoms with van der Waals surface area (Å²) >= 11 is 0. The van der Waals surface area contributed by atoms with E-state index in [1.807, 2.05) is 0 Å². The maximum Gasteiger partial charge on any atom is 0.325 e. The molecule has 13 heavy (non-hydrogen) atoms. The summed E-state index contributed by atoms with van der Waals surface area (Å²) in [6.07, 6.45) is 0. The molecule has 0 bridgehead atoms. The molecular weight excluding hydrogens is 170 g/mol. The minimum Gasteiger partial charge on any atom is -0.508 e. The highest BCUT2D eigenvalue weighted by molar-refractivity contribution is 5.79. The molecule has 0 spiro atoms. The van der Waals surface area contributed by atoms with Gasteiger partial charge >= 0.3 is 5.97 Å². The van der Waals surface area contributed by atoms with E-state index in [4.69, 9.17) is 15.5 Å². The van der Waals surface area contributed by atoms with E-state index in [-0.39, 0.29) is 5.75 Å². The van der Waals surface area contributed by atoms with Crippen LogP contribution in [0.25, 0.3) is 0 Å². The summed E-state index contributed by atoms with van der Waals surface area (Å²) in [6.45, 7) is 0. The fourth-order valence-electron chi connectivity index (χ4n) is 0.939. The van der Waals surface area contributed by atoms with Gasteiger partial charge in [-0.15, -0.1) is 0 Å². The van der Waals surface area contributed by atoms with E-state index in [1.54, 1.807) is 6.07 Å². The number of rotatable bonds is 2. The SMILES string of the molecule is N#C[C@H](C(=O)O)c1ccc(O)cc1. The molecule has 1 aromatic carbocycles. The maximum absolute atomic E-state index is 10.5. The van der Waals surface area contributed by atoms with E-state index in [0.717, 1.165) is 0 Å². The van der Waals surface area contributed by atoms with Crippen LogP contribution in [0.5, 0.6) is 5.75 Å². The number of benzene rings is 1. The average Bonchev–Trinajstić information content (AvgIpc) is 2.09. The molecule has 0 unspecified atom stereocenters. The second kappa shape index (κ2) is 3.59. The largest absolute Gasteiger partial charge is 0.508 e. The molecule has 0 aliphatic rings. The fraction of sp³-hybridized carbons (Fsp3) is 0.111. The minimum absolute atomic E-state index is 0.0471. The highest BCUT2D eigenvalue weighted by Crippen LogP contribution is 2.18. The number of carboxylic acid groups (broad SMARTS) is 1. The summed E-state index contributed by atoms with van der Waals surface area (Å²) in [5, 5.41) is 26.1. The Labute approximate surface area is 74.7 Å². The van der Waals surface area contributed by atoms with Crippen LogP contribution in [0, 0.1) is 11.3 Å². The van der Waals surface area contributed by atoms with Gasteiger partial charge in [-0.25, -0.2) is 0 Å². The molecule has 1 rings (SSSR count). The third kappa shape index (κ3) is 1.97. The smallest absolute Gasteiger partial charge is 0.325 e. The first kappa shape index (κ1) is 9.07. The molecule has 0 amide bonds. The fourth-order valence-corrected chi connectivity index (χ4v) is 0.939. The van der Waals surface area contributed by atoms with Gasteiger partial charge in [0, 0.05) is 0 Å². The number of aliphatic carboxylic acids is 1. The van der Waals surface area contributed by atoms with Crippen molar-refractivity contribution in [2.24, 2.45) is 0 Å². The number of aromatic hydroxyl groups is 1. The lowest BCUT2D eigenvalue weighted by molar-refractivity contribution is -0.137. The number of carbonyl (C=O) groups is 1. The first-order valence-corrected chi connectivity index (χ1v) is 3.56. The van der Waals surface area contributed by atoms with Crippen molar-refractivity contribution in [2.45, 2.75) is 5.92 Å². The summed E-state index contributed by atoms with van der Waals surface area (Å²) in [5.41, 5.74) is 0.368. The van der Waals surface area contributed by atoms with Crippen LogP contribution in [0.4, 0.5) is 0 Å². The summed E-state index contributed by atoms with van der Waals surface area (Å²) in [5.74, 6) is -2.31. The van der Waals surface area contributed by atoms with Crippen molar-refractivity contribution in [2.75, 3.05) is 0 Å². The maximum atomic E-state index is 10.5. The Bertz CT molecular complexity index is 350. The van der Waals surface area contributed by atoms with Crippen LogP contribution in [0.2, 0.25) is 0 Å². The highest BCUT2D eigenvalue weighted by atomic mass is 16.4. The van der Waals surface area contributed by atoms with E-state index in [2.05, 4.69) is 0 Å². The van der Waals surface area contributed by atoms with Gasteiger partial charge in [0.15, 0.2) is 5.92 Å². The van der Waals surface area contributed by atoms with Gasteiger partial charge in [0.1, 0.15) is 5.75 Å². The van der Waals surface area contributed by atoms with E-state index >= 15 is 0 Å². The van der Waals surface area contributed by atoms with Crippen LogP contribution >= 0.6 is 0 Å². The van der Waals surface area contributed by atoms with Crippen LogP contribution in [-0.2, 0) is 4.79 Å². The standard InChI is InChI=1S/C9H7NO3/c10-5-8(9(12)13)6-1-3-7(11)4-2-6/h1-4,8,11H,(H,12,13)/t8-/m0/s1. The Morgan fingerprint density at radius 2 is 1.92 bits per heavy atom. The van der Waals surface area contributed by atoms with Crippen LogP contribution < -0.4 is 0 Å². The Balaban J connectivity index is 3.01. The number of nitrogens with zero attached hydrogens (tertiary/aromatic N) is 1. The number of carboxylic acids is 1. The first-order valence-electron chi connectivity index (χ1n) is 3.56. The van der Waals surface area contributed by atoms with E-state index in [1.165, 1.54) is 24.3 Å². The number of nitriles is 1. The molecule has 66 valence electrons. The summed E-state index contributed by atoms with van der Waals surface area (Å²) in [7, 11) is 0. The second-order valence-corrected chi connectivity index (χ2v) is 2.49. The van der Waals surface area contributed by atoms with Gasteiger partial charge in [-0.05, 0) is 17.7 Å². The van der Waals surface area contributed by atoms with Crippen LogP contribution in [0.3, 0.4) is 0 Å². The average molecular weight is 177 g/mol. The van der Waals surface area contributed by atoms with Crippen molar-refractivity contribution >= 4 is 5.97 Å². The molecule has 0 aliphatic heterocycles. The van der Waals surface area contributed by atoms with Gasteiger partial charge in [-0.1, -0.05) is 12.1 Å². The third-order valence-corrected chi connectivity index (χ3v) is 1.60. The molecule has 0 heterocycles. The Morgan fingerprint density at radius 1 is 1.38 bits per heavy atom. The van der Waals surface area contributed by atoms with Crippen LogP contribution in [0.15, 0.2) is 24.3 Å². The number of phenolic OH excluding ortho intramolecular Hbond substituents is 1. The molecule has 0 saturated carbocycles. The molecule has 1 atom stereocenters. The van der Waals surface area contributed by atoms with Crippen LogP contribution in [-0.4, -0.2) is 16.2 Å². The summed E-state index contributed by atoms with van der Waals surface area (Å²) in [4.78, 5) is 10.5. The molecule has 4 nitrogen and oxygen atoms in total. The lowest BCUT2D eigenvalue weighted by Crippen LogP contribution is -2.08. The monoisotopic (exact) mass is 177 g/mol. The van der Waals surface area contributed by atoms with Crippen molar-refractivity contribution < 1.29 is 15.0 Å². The molecule has 4 heteroatoms. The molecule has 0 fully saturated rings. The Morgan fingerprint density at radius 3 is 2.31 bits per heavy atom.